The van der Waals surface area contributed by atoms with Crippen molar-refractivity contribution in [2.45, 2.75) is 51.3 Å². The van der Waals surface area contributed by atoms with Crippen LogP contribution in [-0.4, -0.2) is 22.9 Å². The highest BCUT2D eigenvalue weighted by Gasteiger charge is 2.36. The highest BCUT2D eigenvalue weighted by molar-refractivity contribution is 9.10. The number of rotatable bonds is 3. The second kappa shape index (κ2) is 5.24. The van der Waals surface area contributed by atoms with Gasteiger partial charge in [-0.25, -0.2) is 0 Å². The summed E-state index contributed by atoms with van der Waals surface area (Å²) >= 11 is 3.44. The molecule has 2 nitrogen and oxygen atoms in total. The minimum atomic E-state index is -0.123. The summed E-state index contributed by atoms with van der Waals surface area (Å²) in [5.74, 6) is 0.279. The fourth-order valence-corrected chi connectivity index (χ4v) is 2.37. The van der Waals surface area contributed by atoms with Crippen LogP contribution in [0.2, 0.25) is 0 Å². The summed E-state index contributed by atoms with van der Waals surface area (Å²) in [5, 5.41) is 0. The first-order chi connectivity index (χ1) is 6.96. The summed E-state index contributed by atoms with van der Waals surface area (Å²) in [5.41, 5.74) is 1.14. The van der Waals surface area contributed by atoms with Crippen molar-refractivity contribution in [3.8, 4) is 0 Å². The molecule has 0 spiro atoms. The highest BCUT2D eigenvalue weighted by Crippen LogP contribution is 2.34. The average Bonchev–Trinajstić information content (AvgIpc) is 2.12. The zero-order valence-electron chi connectivity index (χ0n) is 9.85. The molecule has 0 aliphatic heterocycles. The number of hydrogen-bond acceptors (Lipinski definition) is 2. The molecule has 0 radical (unpaired) electrons. The molecule has 0 aromatic carbocycles. The molecule has 1 aliphatic rings. The Morgan fingerprint density at radius 3 is 2.73 bits per heavy atom. The average molecular weight is 274 g/mol. The minimum Gasteiger partial charge on any atom is -0.298 e. The second-order valence-corrected chi connectivity index (χ2v) is 5.99. The van der Waals surface area contributed by atoms with Crippen LogP contribution < -0.4 is 0 Å². The van der Waals surface area contributed by atoms with Crippen molar-refractivity contribution in [3.63, 3.8) is 0 Å². The van der Waals surface area contributed by atoms with Crippen LogP contribution in [0.15, 0.2) is 4.99 Å². The van der Waals surface area contributed by atoms with E-state index in [1.165, 1.54) is 0 Å². The molecule has 0 aromatic rings. The van der Waals surface area contributed by atoms with E-state index in [-0.39, 0.29) is 16.0 Å². The predicted molar refractivity (Wildman–Crippen MR) is 67.9 cm³/mol. The number of alkyl halides is 1. The van der Waals surface area contributed by atoms with E-state index in [2.05, 4.69) is 41.7 Å². The van der Waals surface area contributed by atoms with Gasteiger partial charge in [-0.3, -0.25) is 9.79 Å². The Morgan fingerprint density at radius 1 is 1.47 bits per heavy atom. The molecule has 0 N–H and O–H groups in total. The van der Waals surface area contributed by atoms with Gasteiger partial charge in [0.25, 0.3) is 0 Å². The van der Waals surface area contributed by atoms with Crippen LogP contribution in [0.1, 0.15) is 46.5 Å². The molecule has 1 aliphatic carbocycles. The topological polar surface area (TPSA) is 29.4 Å². The van der Waals surface area contributed by atoms with Crippen molar-refractivity contribution in [2.75, 3.05) is 6.54 Å². The fraction of sp³-hybridized carbons (Fsp3) is 0.833. The molecule has 86 valence electrons. The van der Waals surface area contributed by atoms with Crippen molar-refractivity contribution >= 4 is 27.4 Å². The lowest BCUT2D eigenvalue weighted by molar-refractivity contribution is -0.119. The Bertz CT molecular complexity index is 271. The van der Waals surface area contributed by atoms with E-state index >= 15 is 0 Å². The summed E-state index contributed by atoms with van der Waals surface area (Å²) in [6, 6.07) is 0. The lowest BCUT2D eigenvalue weighted by atomic mass is 9.76. The van der Waals surface area contributed by atoms with Crippen molar-refractivity contribution in [3.05, 3.63) is 0 Å². The Hall–Kier alpha value is -0.180. The van der Waals surface area contributed by atoms with E-state index in [0.717, 1.165) is 31.5 Å². The summed E-state index contributed by atoms with van der Waals surface area (Å²) in [6.07, 6.45) is 3.87. The molecule has 1 saturated carbocycles. The quantitative estimate of drug-likeness (QED) is 0.573. The van der Waals surface area contributed by atoms with Crippen LogP contribution in [0.3, 0.4) is 0 Å². The number of Topliss-reactive ketones (excluding diaryl/α,β-unsaturated/α-hetero) is 1. The Balaban J connectivity index is 2.69. The van der Waals surface area contributed by atoms with Crippen molar-refractivity contribution in [1.82, 2.24) is 0 Å². The molecule has 0 saturated heterocycles. The van der Waals surface area contributed by atoms with Crippen LogP contribution in [0.25, 0.3) is 0 Å². The fourth-order valence-electron chi connectivity index (χ4n) is 1.91. The lowest BCUT2D eigenvalue weighted by Crippen LogP contribution is -2.38. The Kier molecular flexibility index (Phi) is 4.50. The maximum atomic E-state index is 11.7. The summed E-state index contributed by atoms with van der Waals surface area (Å²) in [4.78, 5) is 16.2. The molecule has 1 rings (SSSR count). The van der Waals surface area contributed by atoms with E-state index in [0.29, 0.717) is 6.42 Å². The zero-order chi connectivity index (χ0) is 11.5. The molecule has 0 aromatic heterocycles. The van der Waals surface area contributed by atoms with Crippen LogP contribution in [-0.2, 0) is 4.79 Å². The monoisotopic (exact) mass is 273 g/mol. The number of carbonyl (C=O) groups excluding carboxylic acids is 1. The second-order valence-electron chi connectivity index (χ2n) is 5.07. The van der Waals surface area contributed by atoms with Gasteiger partial charge in [-0.15, -0.1) is 0 Å². The third-order valence-corrected chi connectivity index (χ3v) is 3.75. The van der Waals surface area contributed by atoms with Gasteiger partial charge in [-0.1, -0.05) is 43.1 Å². The van der Waals surface area contributed by atoms with E-state index in [1.54, 1.807) is 0 Å². The van der Waals surface area contributed by atoms with Crippen LogP contribution >= 0.6 is 15.9 Å². The van der Waals surface area contributed by atoms with E-state index in [1.807, 2.05) is 0 Å². The van der Waals surface area contributed by atoms with Crippen molar-refractivity contribution in [2.24, 2.45) is 10.4 Å². The van der Waals surface area contributed by atoms with Crippen molar-refractivity contribution < 1.29 is 4.79 Å². The van der Waals surface area contributed by atoms with E-state index in [9.17, 15) is 4.79 Å². The largest absolute Gasteiger partial charge is 0.298 e. The molecule has 1 fully saturated rings. The zero-order valence-corrected chi connectivity index (χ0v) is 11.4. The molecular formula is C12H20BrNO. The smallest absolute Gasteiger partial charge is 0.152 e. The maximum Gasteiger partial charge on any atom is 0.152 e. The van der Waals surface area contributed by atoms with Gasteiger partial charge in [0, 0.05) is 18.7 Å². The Labute approximate surface area is 101 Å². The standard InChI is InChI=1S/C12H20BrNO/c1-4-5-6-14-9-7-12(2,3)8-10(15)11(9)13/h11H,4-8H2,1-3H3. The number of aliphatic imine (C=N–C) groups is 1. The molecule has 0 bridgehead atoms. The summed E-state index contributed by atoms with van der Waals surface area (Å²) in [7, 11) is 0. The summed E-state index contributed by atoms with van der Waals surface area (Å²) < 4.78 is 0. The van der Waals surface area contributed by atoms with Gasteiger partial charge in [0.05, 0.1) is 0 Å². The van der Waals surface area contributed by atoms with Gasteiger partial charge in [0.15, 0.2) is 5.78 Å². The van der Waals surface area contributed by atoms with E-state index in [4.69, 9.17) is 0 Å². The molecule has 15 heavy (non-hydrogen) atoms. The maximum absolute atomic E-state index is 11.7. The van der Waals surface area contributed by atoms with Gasteiger partial charge in [-0.05, 0) is 18.3 Å². The molecular weight excluding hydrogens is 254 g/mol. The van der Waals surface area contributed by atoms with Gasteiger partial charge < -0.3 is 0 Å². The van der Waals surface area contributed by atoms with Crippen molar-refractivity contribution in [1.29, 1.82) is 0 Å². The SMILES string of the molecule is CCCCN=C1CC(C)(C)CC(=O)C1Br. The number of halogens is 1. The van der Waals surface area contributed by atoms with Gasteiger partial charge in [0.2, 0.25) is 0 Å². The predicted octanol–water partition coefficient (Wildman–Crippen LogP) is 3.38. The normalized spacial score (nSPS) is 28.4. The number of carbonyl (C=O) groups is 1. The first kappa shape index (κ1) is 12.9. The lowest BCUT2D eigenvalue weighted by Gasteiger charge is -2.32. The molecule has 3 heteroatoms. The third kappa shape index (κ3) is 3.71. The van der Waals surface area contributed by atoms with E-state index < -0.39 is 0 Å². The van der Waals surface area contributed by atoms with Gasteiger partial charge >= 0.3 is 0 Å². The molecule has 0 heterocycles. The third-order valence-electron chi connectivity index (χ3n) is 2.71. The number of unbranched alkanes of at least 4 members (excludes halogenated alkanes) is 1. The number of ketones is 1. The highest BCUT2D eigenvalue weighted by atomic mass is 79.9. The number of nitrogens with zero attached hydrogens (tertiary/aromatic N) is 1. The van der Waals surface area contributed by atoms with Crippen LogP contribution in [0.4, 0.5) is 0 Å². The van der Waals surface area contributed by atoms with Crippen LogP contribution in [0, 0.1) is 5.41 Å². The first-order valence-electron chi connectivity index (χ1n) is 5.66. The first-order valence-corrected chi connectivity index (χ1v) is 6.58. The Morgan fingerprint density at radius 2 is 2.13 bits per heavy atom. The van der Waals surface area contributed by atoms with Crippen LogP contribution in [0.5, 0.6) is 0 Å². The molecule has 0 amide bonds. The summed E-state index contributed by atoms with van der Waals surface area (Å²) in [6.45, 7) is 7.29. The van der Waals surface area contributed by atoms with Gasteiger partial charge in [0.1, 0.15) is 4.83 Å². The molecule has 1 atom stereocenters. The van der Waals surface area contributed by atoms with Gasteiger partial charge in [-0.2, -0.15) is 0 Å². The number of hydrogen-bond donors (Lipinski definition) is 0. The molecule has 1 unspecified atom stereocenters. The minimum absolute atomic E-state index is 0.0897.